The van der Waals surface area contributed by atoms with Gasteiger partial charge in [-0.1, -0.05) is 26.0 Å². The van der Waals surface area contributed by atoms with Gasteiger partial charge in [-0.3, -0.25) is 9.78 Å². The number of rotatable bonds is 5. The standard InChI is InChI=1S/C22H20N4O/c1-15(2)17-5-9-20(10-6-17)26-22(27)18-11-21(14-24-13-18)25-19-7-3-16(12-23)4-8-19/h3-11,13-15,25H,1-2H3,(H,26,27). The Morgan fingerprint density at radius 3 is 2.26 bits per heavy atom. The van der Waals surface area contributed by atoms with E-state index in [-0.39, 0.29) is 5.91 Å². The van der Waals surface area contributed by atoms with Crippen molar-refractivity contribution in [1.29, 1.82) is 5.26 Å². The first-order valence-corrected chi connectivity index (χ1v) is 8.68. The van der Waals surface area contributed by atoms with E-state index >= 15 is 0 Å². The predicted octanol–water partition coefficient (Wildman–Crippen LogP) is 5.07. The topological polar surface area (TPSA) is 77.8 Å². The molecule has 5 heteroatoms. The minimum absolute atomic E-state index is 0.219. The molecule has 0 radical (unpaired) electrons. The van der Waals surface area contributed by atoms with E-state index in [0.717, 1.165) is 11.4 Å². The molecule has 1 amide bonds. The number of carbonyl (C=O) groups is 1. The van der Waals surface area contributed by atoms with E-state index in [2.05, 4.69) is 35.5 Å². The molecule has 0 fully saturated rings. The summed E-state index contributed by atoms with van der Waals surface area (Å²) in [5.74, 6) is 0.229. The Morgan fingerprint density at radius 1 is 0.963 bits per heavy atom. The Kier molecular flexibility index (Phi) is 5.48. The van der Waals surface area contributed by atoms with E-state index in [1.165, 1.54) is 11.8 Å². The first-order valence-electron chi connectivity index (χ1n) is 8.68. The molecule has 3 rings (SSSR count). The number of carbonyl (C=O) groups excluding carboxylic acids is 1. The van der Waals surface area contributed by atoms with Crippen LogP contribution in [0.25, 0.3) is 0 Å². The van der Waals surface area contributed by atoms with Gasteiger partial charge in [-0.05, 0) is 53.9 Å². The minimum Gasteiger partial charge on any atom is -0.354 e. The molecule has 134 valence electrons. The summed E-state index contributed by atoms with van der Waals surface area (Å²) in [5, 5.41) is 14.9. The van der Waals surface area contributed by atoms with Gasteiger partial charge in [0.15, 0.2) is 0 Å². The molecule has 2 N–H and O–H groups in total. The van der Waals surface area contributed by atoms with E-state index < -0.39 is 0 Å². The Hall–Kier alpha value is -3.65. The molecule has 0 aliphatic rings. The van der Waals surface area contributed by atoms with Crippen LogP contribution in [0.5, 0.6) is 0 Å². The Labute approximate surface area is 158 Å². The summed E-state index contributed by atoms with van der Waals surface area (Å²) >= 11 is 0. The van der Waals surface area contributed by atoms with Gasteiger partial charge in [0.1, 0.15) is 0 Å². The fraction of sp³-hybridized carbons (Fsp3) is 0.136. The molecule has 0 spiro atoms. The van der Waals surface area contributed by atoms with E-state index in [1.54, 1.807) is 24.4 Å². The van der Waals surface area contributed by atoms with Crippen LogP contribution in [0.3, 0.4) is 0 Å². The number of nitriles is 1. The SMILES string of the molecule is CC(C)c1ccc(NC(=O)c2cncc(Nc3ccc(C#N)cc3)c2)cc1. The molecule has 1 aromatic heterocycles. The fourth-order valence-corrected chi connectivity index (χ4v) is 2.58. The average Bonchev–Trinajstić information content (AvgIpc) is 2.69. The molecule has 0 aliphatic heterocycles. The largest absolute Gasteiger partial charge is 0.354 e. The normalized spacial score (nSPS) is 10.3. The van der Waals surface area contributed by atoms with Gasteiger partial charge in [0.2, 0.25) is 0 Å². The van der Waals surface area contributed by atoms with Crippen molar-refractivity contribution in [2.45, 2.75) is 19.8 Å². The summed E-state index contributed by atoms with van der Waals surface area (Å²) < 4.78 is 0. The third kappa shape index (κ3) is 4.71. The maximum absolute atomic E-state index is 12.5. The van der Waals surface area contributed by atoms with Crippen LogP contribution in [0.1, 0.15) is 41.3 Å². The summed E-state index contributed by atoms with van der Waals surface area (Å²) in [5.41, 5.74) is 4.54. The molecule has 5 nitrogen and oxygen atoms in total. The van der Waals surface area contributed by atoms with Crippen LogP contribution in [0, 0.1) is 11.3 Å². The summed E-state index contributed by atoms with van der Waals surface area (Å²) in [4.78, 5) is 16.6. The van der Waals surface area contributed by atoms with Gasteiger partial charge < -0.3 is 10.6 Å². The van der Waals surface area contributed by atoms with E-state index in [1.807, 2.05) is 36.4 Å². The van der Waals surface area contributed by atoms with Crippen molar-refractivity contribution >= 4 is 23.0 Å². The highest BCUT2D eigenvalue weighted by Gasteiger charge is 2.08. The monoisotopic (exact) mass is 356 g/mol. The second kappa shape index (κ2) is 8.15. The molecule has 0 saturated heterocycles. The second-order valence-electron chi connectivity index (χ2n) is 6.51. The molecule has 0 bridgehead atoms. The predicted molar refractivity (Wildman–Crippen MR) is 107 cm³/mol. The minimum atomic E-state index is -0.219. The third-order valence-electron chi connectivity index (χ3n) is 4.14. The van der Waals surface area contributed by atoms with Crippen molar-refractivity contribution in [3.8, 4) is 6.07 Å². The zero-order chi connectivity index (χ0) is 19.2. The van der Waals surface area contributed by atoms with Gasteiger partial charge in [0, 0.05) is 17.6 Å². The van der Waals surface area contributed by atoms with Gasteiger partial charge in [-0.2, -0.15) is 5.26 Å². The highest BCUT2D eigenvalue weighted by atomic mass is 16.1. The smallest absolute Gasteiger partial charge is 0.257 e. The molecule has 1 heterocycles. The molecular formula is C22H20N4O. The van der Waals surface area contributed by atoms with Crippen LogP contribution in [-0.4, -0.2) is 10.9 Å². The first-order chi connectivity index (χ1) is 13.0. The number of hydrogen-bond acceptors (Lipinski definition) is 4. The lowest BCUT2D eigenvalue weighted by Gasteiger charge is -2.10. The number of aromatic nitrogens is 1. The molecule has 2 aromatic carbocycles. The van der Waals surface area contributed by atoms with Crippen LogP contribution in [0.4, 0.5) is 17.1 Å². The van der Waals surface area contributed by atoms with Crippen LogP contribution < -0.4 is 10.6 Å². The van der Waals surface area contributed by atoms with Crippen molar-refractivity contribution in [3.05, 3.63) is 83.7 Å². The summed E-state index contributed by atoms with van der Waals surface area (Å²) in [6.07, 6.45) is 3.17. The highest BCUT2D eigenvalue weighted by molar-refractivity contribution is 6.04. The molecule has 0 unspecified atom stereocenters. The van der Waals surface area contributed by atoms with Crippen LogP contribution >= 0.6 is 0 Å². The lowest BCUT2D eigenvalue weighted by atomic mass is 10.0. The van der Waals surface area contributed by atoms with Gasteiger partial charge in [0.25, 0.3) is 5.91 Å². The van der Waals surface area contributed by atoms with Gasteiger partial charge in [-0.15, -0.1) is 0 Å². The van der Waals surface area contributed by atoms with Crippen LogP contribution in [-0.2, 0) is 0 Å². The lowest BCUT2D eigenvalue weighted by molar-refractivity contribution is 0.102. The van der Waals surface area contributed by atoms with Crippen molar-refractivity contribution in [3.63, 3.8) is 0 Å². The molecule has 0 atom stereocenters. The first kappa shape index (κ1) is 18.2. The number of benzene rings is 2. The maximum Gasteiger partial charge on any atom is 0.257 e. The molecule has 3 aromatic rings. The number of anilines is 3. The van der Waals surface area contributed by atoms with Gasteiger partial charge in [0.05, 0.1) is 29.1 Å². The molecular weight excluding hydrogens is 336 g/mol. The number of hydrogen-bond donors (Lipinski definition) is 2. The van der Waals surface area contributed by atoms with Gasteiger partial charge in [-0.25, -0.2) is 0 Å². The summed E-state index contributed by atoms with van der Waals surface area (Å²) in [6, 6.07) is 18.7. The maximum atomic E-state index is 12.5. The quantitative estimate of drug-likeness (QED) is 0.669. The van der Waals surface area contributed by atoms with E-state index in [0.29, 0.717) is 22.7 Å². The third-order valence-corrected chi connectivity index (χ3v) is 4.14. The zero-order valence-electron chi connectivity index (χ0n) is 15.2. The Balaban J connectivity index is 1.70. The van der Waals surface area contributed by atoms with Crippen LogP contribution in [0.2, 0.25) is 0 Å². The highest BCUT2D eigenvalue weighted by Crippen LogP contribution is 2.20. The number of nitrogens with zero attached hydrogens (tertiary/aromatic N) is 2. The summed E-state index contributed by atoms with van der Waals surface area (Å²) in [7, 11) is 0. The summed E-state index contributed by atoms with van der Waals surface area (Å²) in [6.45, 7) is 4.26. The van der Waals surface area contributed by atoms with E-state index in [4.69, 9.17) is 5.26 Å². The van der Waals surface area contributed by atoms with Crippen molar-refractivity contribution in [2.75, 3.05) is 10.6 Å². The average molecular weight is 356 g/mol. The second-order valence-corrected chi connectivity index (χ2v) is 6.51. The number of pyridine rings is 1. The Morgan fingerprint density at radius 2 is 1.63 bits per heavy atom. The van der Waals surface area contributed by atoms with Crippen LogP contribution in [0.15, 0.2) is 67.0 Å². The number of nitrogens with one attached hydrogen (secondary N) is 2. The van der Waals surface area contributed by atoms with Crippen molar-refractivity contribution in [2.24, 2.45) is 0 Å². The van der Waals surface area contributed by atoms with Crippen molar-refractivity contribution in [1.82, 2.24) is 4.98 Å². The lowest BCUT2D eigenvalue weighted by Crippen LogP contribution is -2.12. The molecule has 0 aliphatic carbocycles. The number of amides is 1. The molecule has 0 saturated carbocycles. The molecule has 27 heavy (non-hydrogen) atoms. The van der Waals surface area contributed by atoms with Crippen molar-refractivity contribution < 1.29 is 4.79 Å². The zero-order valence-corrected chi connectivity index (χ0v) is 15.2. The fourth-order valence-electron chi connectivity index (χ4n) is 2.58. The van der Waals surface area contributed by atoms with Gasteiger partial charge >= 0.3 is 0 Å². The Bertz CT molecular complexity index is 970. The van der Waals surface area contributed by atoms with E-state index in [9.17, 15) is 4.79 Å².